The van der Waals surface area contributed by atoms with Crippen LogP contribution in [-0.4, -0.2) is 34.2 Å². The van der Waals surface area contributed by atoms with Crippen LogP contribution in [0.1, 0.15) is 17.3 Å². The second kappa shape index (κ2) is 6.84. The summed E-state index contributed by atoms with van der Waals surface area (Å²) in [6.07, 6.45) is -0.605. The van der Waals surface area contributed by atoms with E-state index in [4.69, 9.17) is 20.2 Å². The molecule has 1 atom stereocenters. The van der Waals surface area contributed by atoms with Crippen LogP contribution in [-0.2, 0) is 18.5 Å². The zero-order valence-electron chi connectivity index (χ0n) is 10.5. The molecule has 0 aliphatic carbocycles. The van der Waals surface area contributed by atoms with E-state index in [2.05, 4.69) is 15.9 Å². The first-order chi connectivity index (χ1) is 9.16. The predicted octanol–water partition coefficient (Wildman–Crippen LogP) is 2.71. The van der Waals surface area contributed by atoms with Gasteiger partial charge >= 0.3 is 5.97 Å². The Labute approximate surface area is 128 Å². The van der Waals surface area contributed by atoms with Gasteiger partial charge in [0.15, 0.2) is 0 Å². The highest BCUT2D eigenvalue weighted by atomic mass is 79.9. The van der Waals surface area contributed by atoms with Crippen LogP contribution in [0.2, 0.25) is 0 Å². The zero-order valence-corrected chi connectivity index (χ0v) is 13.7. The molecular weight excluding hydrogens is 379 g/mol. The summed E-state index contributed by atoms with van der Waals surface area (Å²) >= 11 is 2.87. The van der Waals surface area contributed by atoms with Crippen molar-refractivity contribution in [2.75, 3.05) is 13.7 Å². The van der Waals surface area contributed by atoms with Gasteiger partial charge in [-0.05, 0) is 35.0 Å². The summed E-state index contributed by atoms with van der Waals surface area (Å²) < 4.78 is 45.9. The fourth-order valence-corrected chi connectivity index (χ4v) is 3.56. The topological polar surface area (TPSA) is 69.7 Å². The Hall–Kier alpha value is -0.700. The van der Waals surface area contributed by atoms with Gasteiger partial charge in [-0.1, -0.05) is 0 Å². The third-order valence-corrected chi connectivity index (χ3v) is 4.49. The number of hydrogen-bond acceptors (Lipinski definition) is 5. The molecule has 0 amide bonds. The van der Waals surface area contributed by atoms with E-state index in [1.807, 2.05) is 0 Å². The fourth-order valence-electron chi connectivity index (χ4n) is 1.39. The number of carbonyl (C=O) groups is 1. The Balaban J connectivity index is 3.16. The van der Waals surface area contributed by atoms with Crippen molar-refractivity contribution in [3.8, 4) is 0 Å². The molecule has 0 aliphatic rings. The average Bonchev–Trinajstić information content (AvgIpc) is 2.26. The van der Waals surface area contributed by atoms with Gasteiger partial charge < -0.3 is 9.47 Å². The van der Waals surface area contributed by atoms with E-state index in [0.29, 0.717) is 0 Å². The highest BCUT2D eigenvalue weighted by Crippen LogP contribution is 2.28. The van der Waals surface area contributed by atoms with Gasteiger partial charge in [0.2, 0.25) is 0 Å². The summed E-state index contributed by atoms with van der Waals surface area (Å²) in [6, 6.07) is 1.66. The van der Waals surface area contributed by atoms with Crippen molar-refractivity contribution in [2.24, 2.45) is 0 Å². The van der Waals surface area contributed by atoms with E-state index in [9.17, 15) is 17.6 Å². The molecule has 0 aromatic heterocycles. The molecule has 0 saturated heterocycles. The summed E-state index contributed by atoms with van der Waals surface area (Å²) in [5.74, 6) is -1.92. The number of ether oxygens (including phenoxy) is 2. The molecule has 20 heavy (non-hydrogen) atoms. The monoisotopic (exact) mass is 388 g/mol. The van der Waals surface area contributed by atoms with Gasteiger partial charge in [-0.3, -0.25) is 0 Å². The van der Waals surface area contributed by atoms with E-state index in [1.165, 1.54) is 7.11 Å². The van der Waals surface area contributed by atoms with Crippen LogP contribution in [0.15, 0.2) is 21.5 Å². The molecule has 0 heterocycles. The average molecular weight is 390 g/mol. The van der Waals surface area contributed by atoms with Gasteiger partial charge in [-0.2, -0.15) is 0 Å². The van der Waals surface area contributed by atoms with Crippen LogP contribution in [0.4, 0.5) is 4.39 Å². The van der Waals surface area contributed by atoms with E-state index in [0.717, 1.165) is 12.1 Å². The summed E-state index contributed by atoms with van der Waals surface area (Å²) in [5, 5.41) is 0. The molecule has 0 fully saturated rings. The van der Waals surface area contributed by atoms with Crippen LogP contribution in [0.25, 0.3) is 0 Å². The van der Waals surface area contributed by atoms with Crippen LogP contribution < -0.4 is 0 Å². The smallest absolute Gasteiger partial charge is 0.341 e. The first-order valence-electron chi connectivity index (χ1n) is 5.30. The van der Waals surface area contributed by atoms with E-state index >= 15 is 0 Å². The van der Waals surface area contributed by atoms with Gasteiger partial charge in [0.05, 0.1) is 17.1 Å². The molecule has 0 spiro atoms. The predicted molar refractivity (Wildman–Crippen MR) is 73.9 cm³/mol. The molecule has 112 valence electrons. The summed E-state index contributed by atoms with van der Waals surface area (Å²) in [4.78, 5) is 11.4. The van der Waals surface area contributed by atoms with Crippen molar-refractivity contribution in [2.45, 2.75) is 17.9 Å². The number of carbonyl (C=O) groups excluding carboxylic acids is 1. The number of benzene rings is 1. The first-order valence-corrected chi connectivity index (χ1v) is 8.40. The van der Waals surface area contributed by atoms with Crippen LogP contribution in [0.3, 0.4) is 0 Å². The number of halogens is 3. The number of rotatable bonds is 5. The van der Waals surface area contributed by atoms with Gasteiger partial charge in [0.1, 0.15) is 11.9 Å². The maximum Gasteiger partial charge on any atom is 0.341 e. The summed E-state index contributed by atoms with van der Waals surface area (Å²) in [6.45, 7) is 1.68. The van der Waals surface area contributed by atoms with E-state index in [1.54, 1.807) is 6.92 Å². The quantitative estimate of drug-likeness (QED) is 0.572. The highest BCUT2D eigenvalue weighted by molar-refractivity contribution is 9.10. The lowest BCUT2D eigenvalue weighted by atomic mass is 10.2. The second-order valence-electron chi connectivity index (χ2n) is 3.87. The molecule has 0 N–H and O–H groups in total. The Morgan fingerprint density at radius 3 is 2.60 bits per heavy atom. The van der Waals surface area contributed by atoms with Crippen molar-refractivity contribution >= 4 is 41.6 Å². The van der Waals surface area contributed by atoms with Gasteiger partial charge in [-0.25, -0.2) is 17.6 Å². The summed E-state index contributed by atoms with van der Waals surface area (Å²) in [5.41, 5.74) is -0.518. The molecule has 0 aliphatic heterocycles. The Kier molecular flexibility index (Phi) is 5.93. The third-order valence-electron chi connectivity index (χ3n) is 2.21. The zero-order chi connectivity index (χ0) is 15.5. The lowest BCUT2D eigenvalue weighted by Gasteiger charge is -2.13. The Morgan fingerprint density at radius 1 is 1.50 bits per heavy atom. The standard InChI is InChI=1S/C11H11BrClFO5S/c1-6(5-18-2)19-11(15)7-3-10(20(13,16)17)8(12)4-9(7)14/h3-4,6H,5H2,1-2H3. The minimum atomic E-state index is -4.12. The molecular formula is C11H11BrClFO5S. The lowest BCUT2D eigenvalue weighted by Crippen LogP contribution is -2.20. The minimum Gasteiger partial charge on any atom is -0.457 e. The summed E-state index contributed by atoms with van der Waals surface area (Å²) in [7, 11) is 2.50. The van der Waals surface area contributed by atoms with Crippen molar-refractivity contribution in [1.29, 1.82) is 0 Å². The highest BCUT2D eigenvalue weighted by Gasteiger charge is 2.23. The molecule has 0 bridgehead atoms. The van der Waals surface area contributed by atoms with Gasteiger partial charge in [-0.15, -0.1) is 0 Å². The normalized spacial score (nSPS) is 13.1. The fraction of sp³-hybridized carbons (Fsp3) is 0.364. The van der Waals surface area contributed by atoms with Crippen molar-refractivity contribution in [1.82, 2.24) is 0 Å². The molecule has 0 radical (unpaired) electrons. The second-order valence-corrected chi connectivity index (χ2v) is 7.26. The number of methoxy groups -OCH3 is 1. The van der Waals surface area contributed by atoms with Gasteiger partial charge in [0.25, 0.3) is 9.05 Å². The van der Waals surface area contributed by atoms with Crippen molar-refractivity contribution in [3.05, 3.63) is 28.0 Å². The minimum absolute atomic E-state index is 0.0773. The lowest BCUT2D eigenvalue weighted by molar-refractivity contribution is 0.0115. The number of hydrogen-bond donors (Lipinski definition) is 0. The van der Waals surface area contributed by atoms with E-state index in [-0.39, 0.29) is 11.1 Å². The van der Waals surface area contributed by atoms with Crippen LogP contribution >= 0.6 is 26.6 Å². The molecule has 0 saturated carbocycles. The SMILES string of the molecule is COCC(C)OC(=O)c1cc(S(=O)(=O)Cl)c(Br)cc1F. The molecule has 5 nitrogen and oxygen atoms in total. The van der Waals surface area contributed by atoms with Crippen LogP contribution in [0.5, 0.6) is 0 Å². The van der Waals surface area contributed by atoms with E-state index < -0.39 is 37.4 Å². The van der Waals surface area contributed by atoms with Crippen molar-refractivity contribution in [3.63, 3.8) is 0 Å². The Morgan fingerprint density at radius 2 is 2.10 bits per heavy atom. The van der Waals surface area contributed by atoms with Gasteiger partial charge in [0, 0.05) is 22.3 Å². The molecule has 1 aromatic rings. The van der Waals surface area contributed by atoms with Crippen molar-refractivity contribution < 1.29 is 27.1 Å². The first kappa shape index (κ1) is 17.4. The third kappa shape index (κ3) is 4.41. The number of esters is 1. The maximum absolute atomic E-state index is 13.7. The maximum atomic E-state index is 13.7. The van der Waals surface area contributed by atoms with Crippen LogP contribution in [0, 0.1) is 5.82 Å². The molecule has 1 aromatic carbocycles. The molecule has 1 unspecified atom stereocenters. The molecule has 9 heteroatoms. The largest absolute Gasteiger partial charge is 0.457 e. The Bertz CT molecular complexity index is 619. The molecule has 1 rings (SSSR count).